The Kier molecular flexibility index (Phi) is 16.5. The van der Waals surface area contributed by atoms with Crippen LogP contribution in [0.25, 0.3) is 0 Å². The maximum atomic E-state index is 2.57. The zero-order valence-corrected chi connectivity index (χ0v) is 47.6. The van der Waals surface area contributed by atoms with Crippen LogP contribution in [-0.4, -0.2) is 36.0 Å². The van der Waals surface area contributed by atoms with Crippen molar-refractivity contribution in [3.05, 3.63) is 339 Å². The van der Waals surface area contributed by atoms with Gasteiger partial charge < -0.3 is 0 Å². The molecule has 0 aromatic heterocycles. The monoisotopic (exact) mass is 1060 g/mol. The first-order valence-electron chi connectivity index (χ1n) is 27.3. The lowest BCUT2D eigenvalue weighted by molar-refractivity contribution is 1.48. The Morgan fingerprint density at radius 3 is 0.662 bits per heavy atom. The van der Waals surface area contributed by atoms with Crippen LogP contribution in [0.5, 0.6) is 0 Å². The highest BCUT2D eigenvalue weighted by Gasteiger charge is 2.73. The van der Waals surface area contributed by atoms with Crippen molar-refractivity contribution in [2.45, 2.75) is 6.92 Å². The fourth-order valence-corrected chi connectivity index (χ4v) is 37.7. The molecule has 1 heterocycles. The molecule has 0 unspecified atom stereocenters. The molecule has 0 bridgehead atoms. The van der Waals surface area contributed by atoms with Gasteiger partial charge in [0.2, 0.25) is 11.7 Å². The van der Waals surface area contributed by atoms with Gasteiger partial charge in [-0.15, -0.1) is 26.4 Å². The van der Waals surface area contributed by atoms with Crippen LogP contribution in [0.1, 0.15) is 5.56 Å². The van der Waals surface area contributed by atoms with E-state index < -0.39 is 41.9 Å². The van der Waals surface area contributed by atoms with Crippen molar-refractivity contribution in [1.82, 2.24) is 0 Å². The van der Waals surface area contributed by atoms with Crippen molar-refractivity contribution < 1.29 is 0 Å². The van der Waals surface area contributed by atoms with E-state index in [1.807, 2.05) is 18.2 Å². The molecule has 0 spiro atoms. The van der Waals surface area contributed by atoms with Crippen LogP contribution < -0.4 is 53.4 Å². The minimum absolute atomic E-state index is 0.854. The number of aryl methyl sites for hydroxylation is 1. The van der Waals surface area contributed by atoms with Crippen molar-refractivity contribution in [1.29, 1.82) is 0 Å². The summed E-state index contributed by atoms with van der Waals surface area (Å²) in [6.45, 7) is 2.08. The standard InChI is InChI=1S/C64H58B2P4.C7H8/c1-11-31-55(32-12-1)65(51-67(57-35-15-3-16-36-57)58-37-17-4-18-38-58)53-70(63-47-27-9-28-48-63,64-49-29-10-30-50-64)66(56-33-13-2-14-34-56,52-68(59-39-19-5-20-40-59)60-41-21-6-22-42-60)54-69(65,61-43-23-7-24-44-61)62-45-25-8-26-46-62;1-7-5-3-2-4-6-7/h1-50H,51-54H2;2-6H,1H3/t65-,66+;. The second kappa shape index (κ2) is 24.3. The van der Waals surface area contributed by atoms with Gasteiger partial charge in [-0.1, -0.05) is 307 Å². The summed E-state index contributed by atoms with van der Waals surface area (Å²) in [5.41, 5.74) is 4.39. The zero-order chi connectivity index (χ0) is 52.2. The van der Waals surface area contributed by atoms with Gasteiger partial charge in [0.25, 0.3) is 0 Å². The molecule has 1 saturated heterocycles. The molecular formula is C71H66B2P4. The van der Waals surface area contributed by atoms with Crippen LogP contribution in [0, 0.1) is 6.92 Å². The molecule has 1 aliphatic rings. The SMILES string of the molecule is Cc1ccccc1.c1ccc(P(C[B@@-]2(c3ccccc3)C[P+](c3ccccc3)(c3ccccc3)[B@@-](CP(c3ccccc3)c3ccccc3)(c3ccccc3)C[P+]2(c2ccccc2)c2ccccc2)c2ccccc2)cc1. The van der Waals surface area contributed by atoms with Crippen LogP contribution in [0.4, 0.5) is 0 Å². The summed E-state index contributed by atoms with van der Waals surface area (Å²) in [7, 11) is -6.82. The van der Waals surface area contributed by atoms with Gasteiger partial charge in [-0.2, -0.15) is 10.9 Å². The fourth-order valence-electron chi connectivity index (χ4n) is 13.5. The van der Waals surface area contributed by atoms with E-state index in [1.165, 1.54) is 58.9 Å². The van der Waals surface area contributed by atoms with E-state index in [-0.39, 0.29) is 0 Å². The summed E-state index contributed by atoms with van der Waals surface area (Å²) in [6, 6.07) is 134. The van der Waals surface area contributed by atoms with E-state index in [1.54, 1.807) is 0 Å². The van der Waals surface area contributed by atoms with Crippen LogP contribution in [0.15, 0.2) is 334 Å². The summed E-state index contributed by atoms with van der Waals surface area (Å²) in [4.78, 5) is 0. The molecule has 11 aromatic rings. The lowest BCUT2D eigenvalue weighted by Gasteiger charge is -2.68. The first-order valence-corrected chi connectivity index (χ1v) is 34.4. The third-order valence-corrected chi connectivity index (χ3v) is 35.6. The van der Waals surface area contributed by atoms with Gasteiger partial charge in [0.1, 0.15) is 0 Å². The molecule has 6 heteroatoms. The molecular weight excluding hydrogens is 998 g/mol. The minimum atomic E-state index is -2.56. The number of hydrogen-bond acceptors (Lipinski definition) is 0. The largest absolute Gasteiger partial charge is 0.236 e. The molecule has 0 nitrogen and oxygen atoms in total. The van der Waals surface area contributed by atoms with Crippen molar-refractivity contribution in [3.63, 3.8) is 0 Å². The van der Waals surface area contributed by atoms with E-state index in [9.17, 15) is 0 Å². The molecule has 376 valence electrons. The average Bonchev–Trinajstić information content (AvgIpc) is 3.68. The second-order valence-electron chi connectivity index (χ2n) is 20.9. The highest BCUT2D eigenvalue weighted by atomic mass is 31.2. The average molecular weight is 1060 g/mol. The molecule has 1 fully saturated rings. The molecule has 0 radical (unpaired) electrons. The highest BCUT2D eigenvalue weighted by molar-refractivity contribution is 8.33. The predicted molar refractivity (Wildman–Crippen MR) is 351 cm³/mol. The van der Waals surface area contributed by atoms with Crippen LogP contribution >= 0.6 is 30.1 Å². The molecule has 0 amide bonds. The maximum absolute atomic E-state index is 2.57. The predicted octanol–water partition coefficient (Wildman–Crippen LogP) is 13.5. The smallest absolute Gasteiger partial charge is 0.163 e. The van der Waals surface area contributed by atoms with Crippen molar-refractivity contribution in [3.8, 4) is 0 Å². The number of benzene rings is 11. The second-order valence-corrected chi connectivity index (χ2v) is 33.6. The van der Waals surface area contributed by atoms with Gasteiger partial charge in [0.05, 0.1) is 21.2 Å². The van der Waals surface area contributed by atoms with Gasteiger partial charge in [0.15, 0.2) is 0 Å². The fraction of sp³-hybridized carbons (Fsp3) is 0.0704. The van der Waals surface area contributed by atoms with E-state index in [4.69, 9.17) is 0 Å². The lowest BCUT2D eigenvalue weighted by Crippen LogP contribution is -2.76. The first-order chi connectivity index (χ1) is 38.1. The van der Waals surface area contributed by atoms with Gasteiger partial charge in [-0.3, -0.25) is 0 Å². The highest BCUT2D eigenvalue weighted by Crippen LogP contribution is 2.82. The summed E-state index contributed by atoms with van der Waals surface area (Å²) in [5.74, 6) is -3.04. The summed E-state index contributed by atoms with van der Waals surface area (Å²) in [5, 5.41) is 11.9. The Hall–Kier alpha value is -6.73. The summed E-state index contributed by atoms with van der Waals surface area (Å²) >= 11 is 0. The lowest BCUT2D eigenvalue weighted by atomic mass is 9.43. The molecule has 0 saturated carbocycles. The molecule has 1 aliphatic heterocycles. The first kappa shape index (κ1) is 52.3. The molecule has 12 rings (SSSR count). The topological polar surface area (TPSA) is 0 Å². The Labute approximate surface area is 462 Å². The van der Waals surface area contributed by atoms with E-state index >= 15 is 0 Å². The number of rotatable bonds is 14. The zero-order valence-electron chi connectivity index (χ0n) is 44.0. The van der Waals surface area contributed by atoms with Gasteiger partial charge >= 0.3 is 0 Å². The molecule has 77 heavy (non-hydrogen) atoms. The molecule has 2 atom stereocenters. The van der Waals surface area contributed by atoms with Crippen molar-refractivity contribution >= 4 is 95.2 Å². The van der Waals surface area contributed by atoms with E-state index in [2.05, 4.69) is 322 Å². The maximum Gasteiger partial charge on any atom is 0.236 e. The van der Waals surface area contributed by atoms with E-state index in [0.29, 0.717) is 0 Å². The van der Waals surface area contributed by atoms with Gasteiger partial charge in [-0.05, 0) is 88.8 Å². The number of hydrogen-bond donors (Lipinski definition) is 0. The molecule has 0 aliphatic carbocycles. The van der Waals surface area contributed by atoms with Crippen LogP contribution in [-0.2, 0) is 0 Å². The molecule has 11 aromatic carbocycles. The summed E-state index contributed by atoms with van der Waals surface area (Å²) in [6.07, 6.45) is 0. The minimum Gasteiger partial charge on any atom is -0.163 e. The van der Waals surface area contributed by atoms with Gasteiger partial charge in [0, 0.05) is 0 Å². The van der Waals surface area contributed by atoms with Gasteiger partial charge in [-0.25, -0.2) is 0 Å². The normalized spacial score (nSPS) is 17.4. The third-order valence-electron chi connectivity index (χ3n) is 16.8. The van der Waals surface area contributed by atoms with Crippen LogP contribution in [0.2, 0.25) is 0 Å². The Morgan fingerprint density at radius 2 is 0.455 bits per heavy atom. The summed E-state index contributed by atoms with van der Waals surface area (Å²) < 4.78 is 0. The quantitative estimate of drug-likeness (QED) is 0.0752. The van der Waals surface area contributed by atoms with E-state index in [0.717, 1.165) is 24.2 Å². The Balaban J connectivity index is 0.000000836. The van der Waals surface area contributed by atoms with Crippen molar-refractivity contribution in [2.24, 2.45) is 0 Å². The molecule has 0 N–H and O–H groups in total. The Bertz CT molecular complexity index is 3140. The van der Waals surface area contributed by atoms with Crippen LogP contribution in [0.3, 0.4) is 0 Å². The Morgan fingerprint density at radius 1 is 0.260 bits per heavy atom. The third kappa shape index (κ3) is 10.4. The van der Waals surface area contributed by atoms with Crippen molar-refractivity contribution in [2.75, 3.05) is 24.2 Å².